The second-order valence-corrected chi connectivity index (χ2v) is 4.20. The third kappa shape index (κ3) is 2.54. The van der Waals surface area contributed by atoms with Crippen molar-refractivity contribution in [2.45, 2.75) is 31.6 Å². The molecular weight excluding hydrogens is 204 g/mol. The Hall–Kier alpha value is -1.51. The van der Waals surface area contributed by atoms with Crippen LogP contribution in [0.25, 0.3) is 0 Å². The van der Waals surface area contributed by atoms with Crippen molar-refractivity contribution in [3.8, 4) is 5.75 Å². The van der Waals surface area contributed by atoms with Gasteiger partial charge in [-0.2, -0.15) is 0 Å². The summed E-state index contributed by atoms with van der Waals surface area (Å²) in [4.78, 5) is 10.5. The number of rotatable bonds is 4. The van der Waals surface area contributed by atoms with Crippen LogP contribution in [0.4, 0.5) is 0 Å². The molecule has 0 bridgehead atoms. The van der Waals surface area contributed by atoms with Gasteiger partial charge in [0.15, 0.2) is 6.61 Å². The highest BCUT2D eigenvalue weighted by Crippen LogP contribution is 2.38. The Morgan fingerprint density at radius 3 is 2.69 bits per heavy atom. The zero-order valence-electron chi connectivity index (χ0n) is 9.19. The van der Waals surface area contributed by atoms with Gasteiger partial charge in [-0.05, 0) is 30.4 Å². The van der Waals surface area contributed by atoms with Crippen LogP contribution in [0.5, 0.6) is 5.75 Å². The molecule has 1 saturated carbocycles. The van der Waals surface area contributed by atoms with Crippen LogP contribution in [0.1, 0.15) is 37.2 Å². The highest BCUT2D eigenvalue weighted by atomic mass is 16.5. The molecular formula is C13H16O3. The number of hydrogen-bond donors (Lipinski definition) is 1. The topological polar surface area (TPSA) is 46.5 Å². The number of carboxylic acid groups (broad SMARTS) is 1. The molecule has 0 unspecified atom stereocenters. The van der Waals surface area contributed by atoms with Crippen LogP contribution >= 0.6 is 0 Å². The van der Waals surface area contributed by atoms with Gasteiger partial charge in [0.2, 0.25) is 0 Å². The maximum absolute atomic E-state index is 10.5. The Labute approximate surface area is 95.0 Å². The van der Waals surface area contributed by atoms with E-state index in [9.17, 15) is 4.79 Å². The van der Waals surface area contributed by atoms with Crippen molar-refractivity contribution in [2.24, 2.45) is 0 Å². The first-order valence-corrected chi connectivity index (χ1v) is 5.71. The predicted molar refractivity (Wildman–Crippen MR) is 60.8 cm³/mol. The number of carbonyl (C=O) groups is 1. The van der Waals surface area contributed by atoms with Gasteiger partial charge in [0.1, 0.15) is 5.75 Å². The van der Waals surface area contributed by atoms with Gasteiger partial charge >= 0.3 is 5.97 Å². The molecule has 0 aliphatic heterocycles. The molecule has 2 rings (SSSR count). The van der Waals surface area contributed by atoms with Gasteiger partial charge in [-0.3, -0.25) is 0 Å². The Balaban J connectivity index is 2.13. The first kappa shape index (κ1) is 11.0. The summed E-state index contributed by atoms with van der Waals surface area (Å²) < 4.78 is 5.31. The summed E-state index contributed by atoms with van der Waals surface area (Å²) in [5.41, 5.74) is 1.17. The molecule has 0 amide bonds. The molecule has 1 aliphatic rings. The van der Waals surface area contributed by atoms with Crippen LogP contribution in [0.3, 0.4) is 0 Å². The highest BCUT2D eigenvalue weighted by Gasteiger charge is 2.20. The summed E-state index contributed by atoms with van der Waals surface area (Å²) in [6.07, 6.45) is 4.90. The molecule has 0 saturated heterocycles. The number of benzene rings is 1. The SMILES string of the molecule is O=C(O)COc1ccccc1C1CCCC1. The van der Waals surface area contributed by atoms with Crippen molar-refractivity contribution < 1.29 is 14.6 Å². The quantitative estimate of drug-likeness (QED) is 0.848. The monoisotopic (exact) mass is 220 g/mol. The van der Waals surface area contributed by atoms with Crippen LogP contribution in [0, 0.1) is 0 Å². The number of aliphatic carboxylic acids is 1. The van der Waals surface area contributed by atoms with E-state index in [1.165, 1.54) is 31.2 Å². The number of ether oxygens (including phenoxy) is 1. The van der Waals surface area contributed by atoms with Crippen LogP contribution < -0.4 is 4.74 Å². The summed E-state index contributed by atoms with van der Waals surface area (Å²) >= 11 is 0. The zero-order valence-corrected chi connectivity index (χ0v) is 9.19. The van der Waals surface area contributed by atoms with Crippen LogP contribution in [0.2, 0.25) is 0 Å². The van der Waals surface area contributed by atoms with E-state index >= 15 is 0 Å². The predicted octanol–water partition coefficient (Wildman–Crippen LogP) is 2.81. The molecule has 1 aromatic carbocycles. The molecule has 16 heavy (non-hydrogen) atoms. The molecule has 0 heterocycles. The van der Waals surface area contributed by atoms with Crippen molar-refractivity contribution in [2.75, 3.05) is 6.61 Å². The fraction of sp³-hybridized carbons (Fsp3) is 0.462. The van der Waals surface area contributed by atoms with Gasteiger partial charge in [-0.25, -0.2) is 4.79 Å². The molecule has 0 aromatic heterocycles. The fourth-order valence-electron chi connectivity index (χ4n) is 2.33. The molecule has 1 aliphatic carbocycles. The third-order valence-corrected chi connectivity index (χ3v) is 3.07. The summed E-state index contributed by atoms with van der Waals surface area (Å²) in [7, 11) is 0. The van der Waals surface area contributed by atoms with E-state index in [-0.39, 0.29) is 6.61 Å². The minimum atomic E-state index is -0.929. The lowest BCUT2D eigenvalue weighted by atomic mass is 9.97. The van der Waals surface area contributed by atoms with Gasteiger partial charge in [-0.1, -0.05) is 31.0 Å². The minimum Gasteiger partial charge on any atom is -0.482 e. The summed E-state index contributed by atoms with van der Waals surface area (Å²) in [6, 6.07) is 7.78. The van der Waals surface area contributed by atoms with E-state index in [4.69, 9.17) is 9.84 Å². The molecule has 86 valence electrons. The molecule has 3 heteroatoms. The molecule has 0 radical (unpaired) electrons. The second kappa shape index (κ2) is 5.01. The van der Waals surface area contributed by atoms with E-state index in [0.717, 1.165) is 5.75 Å². The molecule has 3 nitrogen and oxygen atoms in total. The van der Waals surface area contributed by atoms with Crippen molar-refractivity contribution in [1.29, 1.82) is 0 Å². The molecule has 1 fully saturated rings. The maximum atomic E-state index is 10.5. The normalized spacial score (nSPS) is 16.2. The highest BCUT2D eigenvalue weighted by molar-refractivity contribution is 5.68. The molecule has 0 spiro atoms. The van der Waals surface area contributed by atoms with E-state index in [0.29, 0.717) is 5.92 Å². The van der Waals surface area contributed by atoms with E-state index < -0.39 is 5.97 Å². The van der Waals surface area contributed by atoms with Gasteiger partial charge in [-0.15, -0.1) is 0 Å². The number of carboxylic acids is 1. The summed E-state index contributed by atoms with van der Waals surface area (Å²) in [6.45, 7) is -0.260. The lowest BCUT2D eigenvalue weighted by molar-refractivity contribution is -0.139. The van der Waals surface area contributed by atoms with Crippen molar-refractivity contribution in [3.05, 3.63) is 29.8 Å². The lowest BCUT2D eigenvalue weighted by Gasteiger charge is -2.14. The zero-order chi connectivity index (χ0) is 11.4. The summed E-state index contributed by atoms with van der Waals surface area (Å²) in [5.74, 6) is 0.350. The van der Waals surface area contributed by atoms with E-state index in [1.54, 1.807) is 0 Å². The average molecular weight is 220 g/mol. The first-order chi connectivity index (χ1) is 7.77. The fourth-order valence-corrected chi connectivity index (χ4v) is 2.33. The van der Waals surface area contributed by atoms with Gasteiger partial charge in [0.25, 0.3) is 0 Å². The van der Waals surface area contributed by atoms with Crippen LogP contribution in [-0.4, -0.2) is 17.7 Å². The van der Waals surface area contributed by atoms with Crippen molar-refractivity contribution >= 4 is 5.97 Å². The first-order valence-electron chi connectivity index (χ1n) is 5.71. The van der Waals surface area contributed by atoms with E-state index in [1.807, 2.05) is 24.3 Å². The largest absolute Gasteiger partial charge is 0.482 e. The van der Waals surface area contributed by atoms with Crippen molar-refractivity contribution in [3.63, 3.8) is 0 Å². The number of hydrogen-bond acceptors (Lipinski definition) is 2. The molecule has 1 N–H and O–H groups in total. The van der Waals surface area contributed by atoms with Gasteiger partial charge in [0.05, 0.1) is 0 Å². The lowest BCUT2D eigenvalue weighted by Crippen LogP contribution is -2.11. The smallest absolute Gasteiger partial charge is 0.341 e. The minimum absolute atomic E-state index is 0.260. The Morgan fingerprint density at radius 1 is 1.31 bits per heavy atom. The molecule has 0 atom stereocenters. The summed E-state index contributed by atoms with van der Waals surface area (Å²) in [5, 5.41) is 8.61. The van der Waals surface area contributed by atoms with Crippen LogP contribution in [0.15, 0.2) is 24.3 Å². The number of para-hydroxylation sites is 1. The second-order valence-electron chi connectivity index (χ2n) is 4.20. The van der Waals surface area contributed by atoms with Crippen LogP contribution in [-0.2, 0) is 4.79 Å². The van der Waals surface area contributed by atoms with Crippen molar-refractivity contribution in [1.82, 2.24) is 0 Å². The Bertz CT molecular complexity index is 367. The molecule has 1 aromatic rings. The van der Waals surface area contributed by atoms with Gasteiger partial charge < -0.3 is 9.84 Å². The Kier molecular flexibility index (Phi) is 3.44. The van der Waals surface area contributed by atoms with E-state index in [2.05, 4.69) is 0 Å². The average Bonchev–Trinajstić information content (AvgIpc) is 2.80. The maximum Gasteiger partial charge on any atom is 0.341 e. The third-order valence-electron chi connectivity index (χ3n) is 3.07. The van der Waals surface area contributed by atoms with Gasteiger partial charge in [0, 0.05) is 0 Å². The Morgan fingerprint density at radius 2 is 2.00 bits per heavy atom. The standard InChI is InChI=1S/C13H16O3/c14-13(15)9-16-12-8-4-3-7-11(12)10-5-1-2-6-10/h3-4,7-8,10H,1-2,5-6,9H2,(H,14,15).